The number of nitrogens with zero attached hydrogens (tertiary/aromatic N) is 1. The van der Waals surface area contributed by atoms with Gasteiger partial charge in [0, 0.05) is 12.7 Å². The van der Waals surface area contributed by atoms with Crippen LogP contribution in [0.15, 0.2) is 24.3 Å². The van der Waals surface area contributed by atoms with Crippen LogP contribution in [0.4, 0.5) is 10.1 Å². The van der Waals surface area contributed by atoms with Crippen molar-refractivity contribution >= 4 is 11.6 Å². The van der Waals surface area contributed by atoms with Crippen LogP contribution in [-0.2, 0) is 14.3 Å². The molecule has 1 amide bonds. The first-order chi connectivity index (χ1) is 11.7. The summed E-state index contributed by atoms with van der Waals surface area (Å²) in [6.07, 6.45) is -3.88. The van der Waals surface area contributed by atoms with E-state index in [0.717, 1.165) is 6.42 Å². The third-order valence-electron chi connectivity index (χ3n) is 4.62. The van der Waals surface area contributed by atoms with Crippen LogP contribution in [0.2, 0.25) is 0 Å². The Morgan fingerprint density at radius 3 is 2.64 bits per heavy atom. The van der Waals surface area contributed by atoms with Crippen LogP contribution in [0, 0.1) is 5.82 Å². The highest BCUT2D eigenvalue weighted by atomic mass is 19.1. The van der Waals surface area contributed by atoms with Crippen LogP contribution < -0.4 is 4.90 Å². The predicted molar refractivity (Wildman–Crippen MR) is 90.8 cm³/mol. The van der Waals surface area contributed by atoms with Gasteiger partial charge in [0.2, 0.25) is 0 Å². The van der Waals surface area contributed by atoms with Crippen molar-refractivity contribution in [3.8, 4) is 0 Å². The molecule has 2 rings (SSSR count). The molecule has 140 valence electrons. The Labute approximate surface area is 147 Å². The molecule has 0 aromatic heterocycles. The molecule has 1 aromatic rings. The normalized spacial score (nSPS) is 26.7. The van der Waals surface area contributed by atoms with E-state index in [1.807, 2.05) is 20.8 Å². The molecule has 0 spiro atoms. The molecule has 6 nitrogen and oxygen atoms in total. The number of benzene rings is 1. The first-order valence-corrected chi connectivity index (χ1v) is 8.35. The maximum absolute atomic E-state index is 13.3. The molecule has 1 saturated heterocycles. The van der Waals surface area contributed by atoms with E-state index >= 15 is 0 Å². The smallest absolute Gasteiger partial charge is 0.258 e. The summed E-state index contributed by atoms with van der Waals surface area (Å²) in [5, 5.41) is 20.3. The average molecular weight is 355 g/mol. The molecule has 1 aliphatic rings. The number of likely N-dealkylation sites (N-methyl/N-ethyl adjacent to an activating group) is 1. The van der Waals surface area contributed by atoms with Gasteiger partial charge in [0.1, 0.15) is 24.1 Å². The van der Waals surface area contributed by atoms with E-state index in [9.17, 15) is 19.4 Å². The Bertz CT molecular complexity index is 609. The number of hydrogen-bond acceptors (Lipinski definition) is 5. The second-order valence-electron chi connectivity index (χ2n) is 6.88. The number of rotatable bonds is 6. The van der Waals surface area contributed by atoms with Crippen molar-refractivity contribution < 1.29 is 28.9 Å². The number of aliphatic hydroxyl groups excluding tert-OH is 2. The van der Waals surface area contributed by atoms with Gasteiger partial charge in [-0.05, 0) is 38.5 Å². The first-order valence-electron chi connectivity index (χ1n) is 8.35. The number of ether oxygens (including phenoxy) is 2. The van der Waals surface area contributed by atoms with Crippen molar-refractivity contribution in [2.24, 2.45) is 0 Å². The van der Waals surface area contributed by atoms with Crippen LogP contribution in [0.1, 0.15) is 27.2 Å². The molecule has 25 heavy (non-hydrogen) atoms. The number of aliphatic hydroxyl groups is 2. The quantitative estimate of drug-likeness (QED) is 0.808. The molecule has 2 N–H and O–H groups in total. The van der Waals surface area contributed by atoms with Gasteiger partial charge in [-0.2, -0.15) is 0 Å². The second-order valence-corrected chi connectivity index (χ2v) is 6.88. The molecule has 4 atom stereocenters. The summed E-state index contributed by atoms with van der Waals surface area (Å²) in [6, 6.07) is 5.54. The van der Waals surface area contributed by atoms with Crippen molar-refractivity contribution in [2.45, 2.75) is 57.2 Å². The summed E-state index contributed by atoms with van der Waals surface area (Å²) in [6.45, 7) is 5.85. The number of hydrogen-bond donors (Lipinski definition) is 2. The monoisotopic (exact) mass is 355 g/mol. The summed E-state index contributed by atoms with van der Waals surface area (Å²) >= 11 is 0. The summed E-state index contributed by atoms with van der Waals surface area (Å²) in [5.41, 5.74) is -0.0591. The van der Waals surface area contributed by atoms with Crippen molar-refractivity contribution in [3.63, 3.8) is 0 Å². The zero-order chi connectivity index (χ0) is 18.8. The highest BCUT2D eigenvalue weighted by Crippen LogP contribution is 2.26. The summed E-state index contributed by atoms with van der Waals surface area (Å²) in [4.78, 5) is 13.8. The zero-order valence-corrected chi connectivity index (χ0v) is 15.0. The molecule has 0 aliphatic carbocycles. The number of carbonyl (C=O) groups is 1. The standard InChI is InChI=1S/C18H26FNO5/c1-5-18(2,3)24-10-13-14(21)15(22)16(25-13)17(23)20(4)12-8-6-7-11(19)9-12/h6-9,13-16,21-22H,5,10H2,1-4H3/t13-,14-,15-,16?/m1/s1. The number of carbonyl (C=O) groups excluding carboxylic acids is 1. The fraction of sp³-hybridized carbons (Fsp3) is 0.611. The van der Waals surface area contributed by atoms with Crippen molar-refractivity contribution in [3.05, 3.63) is 30.1 Å². The molecule has 1 unspecified atom stereocenters. The van der Waals surface area contributed by atoms with E-state index in [4.69, 9.17) is 9.47 Å². The number of amides is 1. The summed E-state index contributed by atoms with van der Waals surface area (Å²) < 4.78 is 24.6. The molecule has 1 aromatic carbocycles. The molecule has 1 aliphatic heterocycles. The van der Waals surface area contributed by atoms with Crippen molar-refractivity contribution in [1.82, 2.24) is 0 Å². The van der Waals surface area contributed by atoms with E-state index < -0.39 is 41.7 Å². The predicted octanol–water partition coefficient (Wildman–Crippen LogP) is 1.48. The fourth-order valence-corrected chi connectivity index (χ4v) is 2.50. The molecule has 1 heterocycles. The SMILES string of the molecule is CCC(C)(C)OC[C@H]1OC(C(=O)N(C)c2cccc(F)c2)[C@H](O)[C@@H]1O. The molecule has 0 bridgehead atoms. The van der Waals surface area contributed by atoms with Crippen molar-refractivity contribution in [2.75, 3.05) is 18.6 Å². The first kappa shape index (κ1) is 19.8. The van der Waals surface area contributed by atoms with Gasteiger partial charge >= 0.3 is 0 Å². The van der Waals surface area contributed by atoms with E-state index in [2.05, 4.69) is 0 Å². The third-order valence-corrected chi connectivity index (χ3v) is 4.62. The Hall–Kier alpha value is -1.54. The fourth-order valence-electron chi connectivity index (χ4n) is 2.50. The van der Waals surface area contributed by atoms with Crippen LogP contribution in [0.3, 0.4) is 0 Å². The topological polar surface area (TPSA) is 79.2 Å². The minimum absolute atomic E-state index is 0.0620. The zero-order valence-electron chi connectivity index (χ0n) is 15.0. The number of anilines is 1. The Kier molecular flexibility index (Phi) is 6.16. The molecular formula is C18H26FNO5. The maximum atomic E-state index is 13.3. The largest absolute Gasteiger partial charge is 0.387 e. The lowest BCUT2D eigenvalue weighted by Crippen LogP contribution is -2.43. The van der Waals surface area contributed by atoms with Gasteiger partial charge in [-0.15, -0.1) is 0 Å². The minimum atomic E-state index is -1.37. The van der Waals surface area contributed by atoms with E-state index in [-0.39, 0.29) is 6.61 Å². The van der Waals surface area contributed by atoms with Gasteiger partial charge in [0.25, 0.3) is 5.91 Å². The molecule has 1 fully saturated rings. The van der Waals surface area contributed by atoms with Gasteiger partial charge in [0.15, 0.2) is 6.10 Å². The lowest BCUT2D eigenvalue weighted by Gasteiger charge is -2.26. The third kappa shape index (κ3) is 4.55. The Morgan fingerprint density at radius 1 is 1.36 bits per heavy atom. The second kappa shape index (κ2) is 7.78. The van der Waals surface area contributed by atoms with Gasteiger partial charge in [-0.1, -0.05) is 13.0 Å². The lowest BCUT2D eigenvalue weighted by atomic mass is 10.1. The molecular weight excluding hydrogens is 329 g/mol. The Balaban J connectivity index is 2.05. The molecule has 0 radical (unpaired) electrons. The van der Waals surface area contributed by atoms with Crippen LogP contribution in [0.25, 0.3) is 0 Å². The van der Waals surface area contributed by atoms with E-state index in [1.54, 1.807) is 6.07 Å². The van der Waals surface area contributed by atoms with Crippen molar-refractivity contribution in [1.29, 1.82) is 0 Å². The lowest BCUT2D eigenvalue weighted by molar-refractivity contribution is -0.136. The highest BCUT2D eigenvalue weighted by molar-refractivity contribution is 5.96. The van der Waals surface area contributed by atoms with Crippen LogP contribution in [-0.4, -0.2) is 59.8 Å². The van der Waals surface area contributed by atoms with Gasteiger partial charge in [-0.25, -0.2) is 4.39 Å². The highest BCUT2D eigenvalue weighted by Gasteiger charge is 2.47. The van der Waals surface area contributed by atoms with Gasteiger partial charge in [-0.3, -0.25) is 4.79 Å². The molecule has 0 saturated carbocycles. The van der Waals surface area contributed by atoms with Crippen LogP contribution >= 0.6 is 0 Å². The summed E-state index contributed by atoms with van der Waals surface area (Å²) in [7, 11) is 1.46. The van der Waals surface area contributed by atoms with E-state index in [1.165, 1.54) is 30.1 Å². The van der Waals surface area contributed by atoms with E-state index in [0.29, 0.717) is 5.69 Å². The number of halogens is 1. The summed E-state index contributed by atoms with van der Waals surface area (Å²) in [5.74, 6) is -1.03. The van der Waals surface area contributed by atoms with Gasteiger partial charge in [0.05, 0.1) is 12.2 Å². The Morgan fingerprint density at radius 2 is 2.04 bits per heavy atom. The minimum Gasteiger partial charge on any atom is -0.387 e. The molecule has 7 heteroatoms. The average Bonchev–Trinajstić information content (AvgIpc) is 2.87. The maximum Gasteiger partial charge on any atom is 0.258 e. The van der Waals surface area contributed by atoms with Gasteiger partial charge < -0.3 is 24.6 Å². The van der Waals surface area contributed by atoms with Crippen LogP contribution in [0.5, 0.6) is 0 Å².